The predicted molar refractivity (Wildman–Crippen MR) is 71.5 cm³/mol. The number of hydrogen-bond donors (Lipinski definition) is 0. The van der Waals surface area contributed by atoms with Gasteiger partial charge in [0.05, 0.1) is 10.0 Å². The molecule has 0 spiro atoms. The molecule has 0 aliphatic heterocycles. The lowest BCUT2D eigenvalue weighted by Gasteiger charge is -2.07. The van der Waals surface area contributed by atoms with Gasteiger partial charge in [-0.2, -0.15) is 0 Å². The van der Waals surface area contributed by atoms with Crippen LogP contribution < -0.4 is 0 Å². The SMILES string of the molecule is CSc1cc(Cl)c(-c2ccccc2)c(Cl)n1. The summed E-state index contributed by atoms with van der Waals surface area (Å²) in [6.45, 7) is 0. The normalized spacial score (nSPS) is 10.4. The summed E-state index contributed by atoms with van der Waals surface area (Å²) in [7, 11) is 0. The zero-order chi connectivity index (χ0) is 11.5. The molecular formula is C12H9Cl2NS. The van der Waals surface area contributed by atoms with Crippen LogP contribution in [-0.2, 0) is 0 Å². The van der Waals surface area contributed by atoms with Crippen molar-refractivity contribution in [2.45, 2.75) is 5.03 Å². The van der Waals surface area contributed by atoms with Crippen LogP contribution in [0.2, 0.25) is 10.2 Å². The van der Waals surface area contributed by atoms with E-state index in [9.17, 15) is 0 Å². The number of nitrogens with zero attached hydrogens (tertiary/aromatic N) is 1. The number of thioether (sulfide) groups is 1. The minimum absolute atomic E-state index is 0.447. The Kier molecular flexibility index (Phi) is 3.74. The van der Waals surface area contributed by atoms with E-state index in [0.29, 0.717) is 10.2 Å². The molecule has 0 aliphatic rings. The summed E-state index contributed by atoms with van der Waals surface area (Å²) in [6, 6.07) is 11.6. The van der Waals surface area contributed by atoms with Crippen molar-refractivity contribution in [3.05, 3.63) is 46.6 Å². The Labute approximate surface area is 109 Å². The average Bonchev–Trinajstić information content (AvgIpc) is 2.29. The molecular weight excluding hydrogens is 261 g/mol. The van der Waals surface area contributed by atoms with Crippen LogP contribution in [0.15, 0.2) is 41.4 Å². The van der Waals surface area contributed by atoms with E-state index in [1.54, 1.807) is 0 Å². The van der Waals surface area contributed by atoms with E-state index in [4.69, 9.17) is 23.2 Å². The third-order valence-electron chi connectivity index (χ3n) is 2.18. The fourth-order valence-electron chi connectivity index (χ4n) is 1.43. The lowest BCUT2D eigenvalue weighted by molar-refractivity contribution is 1.14. The van der Waals surface area contributed by atoms with Crippen molar-refractivity contribution in [1.82, 2.24) is 4.98 Å². The van der Waals surface area contributed by atoms with E-state index < -0.39 is 0 Å². The Morgan fingerprint density at radius 1 is 1.12 bits per heavy atom. The molecule has 1 aromatic carbocycles. The second-order valence-electron chi connectivity index (χ2n) is 3.18. The highest BCUT2D eigenvalue weighted by atomic mass is 35.5. The lowest BCUT2D eigenvalue weighted by atomic mass is 10.1. The highest BCUT2D eigenvalue weighted by molar-refractivity contribution is 7.98. The Balaban J connectivity index is 2.58. The molecule has 4 heteroatoms. The molecule has 1 heterocycles. The quantitative estimate of drug-likeness (QED) is 0.575. The third-order valence-corrected chi connectivity index (χ3v) is 3.37. The van der Waals surface area contributed by atoms with Gasteiger partial charge in [-0.1, -0.05) is 53.5 Å². The molecule has 0 atom stereocenters. The first kappa shape index (κ1) is 11.8. The first-order valence-electron chi connectivity index (χ1n) is 4.68. The van der Waals surface area contributed by atoms with E-state index in [1.165, 1.54) is 11.8 Å². The Morgan fingerprint density at radius 3 is 2.38 bits per heavy atom. The molecule has 0 radical (unpaired) electrons. The maximum absolute atomic E-state index is 6.21. The number of hydrogen-bond acceptors (Lipinski definition) is 2. The second kappa shape index (κ2) is 5.09. The number of benzene rings is 1. The van der Waals surface area contributed by atoms with Gasteiger partial charge >= 0.3 is 0 Å². The van der Waals surface area contributed by atoms with Crippen molar-refractivity contribution in [2.75, 3.05) is 6.26 Å². The van der Waals surface area contributed by atoms with E-state index in [2.05, 4.69) is 4.98 Å². The number of rotatable bonds is 2. The molecule has 0 fully saturated rings. The smallest absolute Gasteiger partial charge is 0.139 e. The van der Waals surface area contributed by atoms with E-state index in [0.717, 1.165) is 16.2 Å². The van der Waals surface area contributed by atoms with Crippen molar-refractivity contribution in [1.29, 1.82) is 0 Å². The molecule has 0 aliphatic carbocycles. The molecule has 0 saturated carbocycles. The standard InChI is InChI=1S/C12H9Cl2NS/c1-16-10-7-9(13)11(12(14)15-10)8-5-3-2-4-6-8/h2-7H,1H3. The van der Waals surface area contributed by atoms with Crippen LogP contribution in [0.3, 0.4) is 0 Å². The minimum atomic E-state index is 0.447. The molecule has 16 heavy (non-hydrogen) atoms. The van der Waals surface area contributed by atoms with Crippen molar-refractivity contribution >= 4 is 35.0 Å². The first-order chi connectivity index (χ1) is 7.72. The van der Waals surface area contributed by atoms with Crippen LogP contribution >= 0.6 is 35.0 Å². The summed E-state index contributed by atoms with van der Waals surface area (Å²) in [4.78, 5) is 4.27. The van der Waals surface area contributed by atoms with Gasteiger partial charge in [-0.25, -0.2) is 4.98 Å². The molecule has 2 rings (SSSR count). The molecule has 1 nitrogen and oxygen atoms in total. The minimum Gasteiger partial charge on any atom is -0.229 e. The van der Waals surface area contributed by atoms with Gasteiger partial charge in [0.2, 0.25) is 0 Å². The second-order valence-corrected chi connectivity index (χ2v) is 4.77. The summed E-state index contributed by atoms with van der Waals surface area (Å²) >= 11 is 13.9. The van der Waals surface area contributed by atoms with Gasteiger partial charge in [0.15, 0.2) is 0 Å². The highest BCUT2D eigenvalue weighted by Gasteiger charge is 2.11. The van der Waals surface area contributed by atoms with Crippen LogP contribution in [-0.4, -0.2) is 11.2 Å². The van der Waals surface area contributed by atoms with Crippen molar-refractivity contribution in [2.24, 2.45) is 0 Å². The van der Waals surface area contributed by atoms with Crippen molar-refractivity contribution in [3.63, 3.8) is 0 Å². The van der Waals surface area contributed by atoms with Gasteiger partial charge in [-0.15, -0.1) is 11.8 Å². The molecule has 82 valence electrons. The van der Waals surface area contributed by atoms with Crippen molar-refractivity contribution < 1.29 is 0 Å². The van der Waals surface area contributed by atoms with Crippen LogP contribution in [0, 0.1) is 0 Å². The number of pyridine rings is 1. The monoisotopic (exact) mass is 269 g/mol. The van der Waals surface area contributed by atoms with E-state index >= 15 is 0 Å². The Hall–Kier alpha value is -0.700. The molecule has 1 aromatic heterocycles. The topological polar surface area (TPSA) is 12.9 Å². The predicted octanol–water partition coefficient (Wildman–Crippen LogP) is 4.78. The Bertz CT molecular complexity index is 477. The molecule has 0 bridgehead atoms. The number of aromatic nitrogens is 1. The summed E-state index contributed by atoms with van der Waals surface area (Å²) in [6.07, 6.45) is 1.94. The van der Waals surface area contributed by atoms with Gasteiger partial charge < -0.3 is 0 Å². The molecule has 0 saturated heterocycles. The molecule has 0 amide bonds. The number of halogens is 2. The molecule has 0 N–H and O–H groups in total. The summed E-state index contributed by atoms with van der Waals surface area (Å²) in [5.74, 6) is 0. The zero-order valence-corrected chi connectivity index (χ0v) is 10.9. The summed E-state index contributed by atoms with van der Waals surface area (Å²) in [5, 5.41) is 1.91. The third kappa shape index (κ3) is 2.34. The first-order valence-corrected chi connectivity index (χ1v) is 6.66. The van der Waals surface area contributed by atoms with Crippen LogP contribution in [0.5, 0.6) is 0 Å². The summed E-state index contributed by atoms with van der Waals surface area (Å²) in [5.41, 5.74) is 1.78. The summed E-state index contributed by atoms with van der Waals surface area (Å²) < 4.78 is 0. The van der Waals surface area contributed by atoms with Crippen molar-refractivity contribution in [3.8, 4) is 11.1 Å². The maximum Gasteiger partial charge on any atom is 0.139 e. The largest absolute Gasteiger partial charge is 0.229 e. The Morgan fingerprint density at radius 2 is 1.81 bits per heavy atom. The zero-order valence-electron chi connectivity index (χ0n) is 8.58. The van der Waals surface area contributed by atoms with Gasteiger partial charge in [-0.3, -0.25) is 0 Å². The van der Waals surface area contributed by atoms with E-state index in [1.807, 2.05) is 42.7 Å². The average molecular weight is 270 g/mol. The van der Waals surface area contributed by atoms with Gasteiger partial charge in [0.25, 0.3) is 0 Å². The molecule has 2 aromatic rings. The fraction of sp³-hybridized carbons (Fsp3) is 0.0833. The lowest BCUT2D eigenvalue weighted by Crippen LogP contribution is -1.87. The van der Waals surface area contributed by atoms with Crippen LogP contribution in [0.1, 0.15) is 0 Å². The van der Waals surface area contributed by atoms with Gasteiger partial charge in [-0.05, 0) is 17.9 Å². The van der Waals surface area contributed by atoms with Crippen LogP contribution in [0.25, 0.3) is 11.1 Å². The van der Waals surface area contributed by atoms with E-state index in [-0.39, 0.29) is 0 Å². The van der Waals surface area contributed by atoms with Gasteiger partial charge in [0.1, 0.15) is 5.15 Å². The fourth-order valence-corrected chi connectivity index (χ4v) is 2.62. The molecule has 0 unspecified atom stereocenters. The maximum atomic E-state index is 6.21. The van der Waals surface area contributed by atoms with Gasteiger partial charge in [0, 0.05) is 5.56 Å². The highest BCUT2D eigenvalue weighted by Crippen LogP contribution is 2.35. The van der Waals surface area contributed by atoms with Crippen LogP contribution in [0.4, 0.5) is 0 Å².